The minimum Gasteiger partial charge on any atom is -0.366 e. The van der Waals surface area contributed by atoms with Crippen LogP contribution in [0.1, 0.15) is 34.7 Å². The Hall–Kier alpha value is -3.81. The van der Waals surface area contributed by atoms with Crippen molar-refractivity contribution < 1.29 is 18.8 Å². The van der Waals surface area contributed by atoms with Crippen LogP contribution in [-0.4, -0.2) is 35.0 Å². The number of hydrogen-bond donors (Lipinski definition) is 2. The number of nitrogens with one attached hydrogen (secondary N) is 1. The number of alkyl halides is 1. The molecule has 4 unspecified atom stereocenters. The number of nitrogens with two attached hydrogens (primary N) is 1. The fourth-order valence-electron chi connectivity index (χ4n) is 4.95. The van der Waals surface area contributed by atoms with E-state index in [4.69, 9.17) is 5.73 Å². The first kappa shape index (κ1) is 20.1. The number of aromatic nitrogens is 1. The van der Waals surface area contributed by atoms with Gasteiger partial charge in [-0.25, -0.2) is 14.1 Å². The number of fused-ring (bicyclic) bond motifs is 2. The van der Waals surface area contributed by atoms with Crippen LogP contribution in [0.3, 0.4) is 0 Å². The number of halogens is 1. The van der Waals surface area contributed by atoms with Crippen molar-refractivity contribution in [2.45, 2.75) is 31.0 Å². The van der Waals surface area contributed by atoms with Crippen LogP contribution in [0.2, 0.25) is 0 Å². The lowest BCUT2D eigenvalue weighted by atomic mass is 9.72. The highest BCUT2D eigenvalue weighted by molar-refractivity contribution is 6.20. The maximum absolute atomic E-state index is 15.4. The molecule has 0 radical (unpaired) electrons. The highest BCUT2D eigenvalue weighted by Crippen LogP contribution is 2.42. The fraction of sp³-hybridized carbons (Fsp3) is 0.250. The van der Waals surface area contributed by atoms with E-state index < -0.39 is 41.9 Å². The van der Waals surface area contributed by atoms with Gasteiger partial charge in [-0.3, -0.25) is 14.6 Å². The standard InChI is InChI=1S/C24H21FN4O3/c25-19-9-18-20(10-17(19)15-7-3-4-8-16(15)22(26)30)28-24(32)29(23(18)31)21-12-27-11-13-5-1-2-6-14(13)21/h1-8,11-12,17-20H,9-10H2,(H2,26,30)(H,28,32). The van der Waals surface area contributed by atoms with Gasteiger partial charge in [-0.1, -0.05) is 42.5 Å². The number of pyridine rings is 1. The summed E-state index contributed by atoms with van der Waals surface area (Å²) in [4.78, 5) is 43.4. The first-order valence-corrected chi connectivity index (χ1v) is 10.5. The second-order valence-electron chi connectivity index (χ2n) is 8.26. The molecule has 32 heavy (non-hydrogen) atoms. The summed E-state index contributed by atoms with van der Waals surface area (Å²) in [7, 11) is 0. The summed E-state index contributed by atoms with van der Waals surface area (Å²) < 4.78 is 15.4. The van der Waals surface area contributed by atoms with Gasteiger partial charge in [0.1, 0.15) is 6.17 Å². The fourth-order valence-corrected chi connectivity index (χ4v) is 4.95. The van der Waals surface area contributed by atoms with E-state index >= 15 is 4.39 Å². The predicted octanol–water partition coefficient (Wildman–Crippen LogP) is 3.29. The lowest BCUT2D eigenvalue weighted by molar-refractivity contribution is -0.125. The zero-order chi connectivity index (χ0) is 22.4. The Balaban J connectivity index is 1.47. The molecule has 1 saturated carbocycles. The van der Waals surface area contributed by atoms with Gasteiger partial charge in [-0.15, -0.1) is 0 Å². The van der Waals surface area contributed by atoms with E-state index in [9.17, 15) is 14.4 Å². The Morgan fingerprint density at radius 2 is 1.78 bits per heavy atom. The highest BCUT2D eigenvalue weighted by Gasteiger charge is 2.49. The predicted molar refractivity (Wildman–Crippen MR) is 117 cm³/mol. The molecule has 1 saturated heterocycles. The maximum atomic E-state index is 15.4. The van der Waals surface area contributed by atoms with Crippen LogP contribution < -0.4 is 16.0 Å². The van der Waals surface area contributed by atoms with Gasteiger partial charge in [0.2, 0.25) is 11.8 Å². The van der Waals surface area contributed by atoms with Crippen LogP contribution in [0.5, 0.6) is 0 Å². The number of amides is 4. The molecule has 4 amide bonds. The Labute approximate surface area is 183 Å². The number of benzene rings is 2. The molecule has 3 N–H and O–H groups in total. The van der Waals surface area contributed by atoms with Crippen LogP contribution in [0.15, 0.2) is 60.9 Å². The molecule has 1 aromatic heterocycles. The number of rotatable bonds is 3. The topological polar surface area (TPSA) is 105 Å². The van der Waals surface area contributed by atoms with Crippen molar-refractivity contribution >= 4 is 34.3 Å². The second-order valence-corrected chi connectivity index (χ2v) is 8.26. The van der Waals surface area contributed by atoms with Crippen molar-refractivity contribution in [2.75, 3.05) is 4.90 Å². The average Bonchev–Trinajstić information content (AvgIpc) is 2.79. The first-order valence-electron chi connectivity index (χ1n) is 10.5. The molecule has 3 aromatic rings. The van der Waals surface area contributed by atoms with Crippen molar-refractivity contribution in [3.8, 4) is 0 Å². The molecule has 162 valence electrons. The second kappa shape index (κ2) is 7.71. The molecule has 0 bridgehead atoms. The Morgan fingerprint density at radius 3 is 2.59 bits per heavy atom. The number of urea groups is 1. The summed E-state index contributed by atoms with van der Waals surface area (Å²) >= 11 is 0. The summed E-state index contributed by atoms with van der Waals surface area (Å²) in [6, 6.07) is 12.9. The molecule has 2 heterocycles. The maximum Gasteiger partial charge on any atom is 0.329 e. The molecule has 4 atom stereocenters. The molecule has 8 heteroatoms. The van der Waals surface area contributed by atoms with Crippen LogP contribution in [0.4, 0.5) is 14.9 Å². The van der Waals surface area contributed by atoms with Gasteiger partial charge in [0, 0.05) is 34.5 Å². The third kappa shape index (κ3) is 3.19. The lowest BCUT2D eigenvalue weighted by Gasteiger charge is -2.44. The zero-order valence-corrected chi connectivity index (χ0v) is 17.1. The molecular formula is C24H21FN4O3. The van der Waals surface area contributed by atoms with Gasteiger partial charge >= 0.3 is 6.03 Å². The third-order valence-electron chi connectivity index (χ3n) is 6.47. The van der Waals surface area contributed by atoms with Crippen LogP contribution in [0, 0.1) is 5.92 Å². The molecule has 7 nitrogen and oxygen atoms in total. The van der Waals surface area contributed by atoms with Gasteiger partial charge in [-0.05, 0) is 24.5 Å². The van der Waals surface area contributed by atoms with E-state index in [2.05, 4.69) is 10.3 Å². The zero-order valence-electron chi connectivity index (χ0n) is 17.1. The van der Waals surface area contributed by atoms with Crippen LogP contribution >= 0.6 is 0 Å². The monoisotopic (exact) mass is 432 g/mol. The van der Waals surface area contributed by atoms with Gasteiger partial charge in [0.15, 0.2) is 0 Å². The van der Waals surface area contributed by atoms with E-state index in [1.54, 1.807) is 30.5 Å². The van der Waals surface area contributed by atoms with E-state index in [-0.39, 0.29) is 18.4 Å². The Bertz CT molecular complexity index is 1240. The van der Waals surface area contributed by atoms with E-state index in [1.807, 2.05) is 24.3 Å². The van der Waals surface area contributed by atoms with E-state index in [0.717, 1.165) is 10.3 Å². The SMILES string of the molecule is NC(=O)c1ccccc1C1CC2NC(=O)N(c3cncc4ccccc34)C(=O)C2CC1F. The summed E-state index contributed by atoms with van der Waals surface area (Å²) in [5.41, 5.74) is 6.62. The number of anilines is 1. The highest BCUT2D eigenvalue weighted by atomic mass is 19.1. The summed E-state index contributed by atoms with van der Waals surface area (Å²) in [5.74, 6) is -2.42. The number of hydrogen-bond acceptors (Lipinski definition) is 4. The number of carbonyl (C=O) groups excluding carboxylic acids is 3. The number of nitrogens with zero attached hydrogens (tertiary/aromatic N) is 2. The van der Waals surface area contributed by atoms with E-state index in [1.165, 1.54) is 6.20 Å². The number of carbonyl (C=O) groups is 3. The van der Waals surface area contributed by atoms with Crippen molar-refractivity contribution in [1.82, 2.24) is 10.3 Å². The molecule has 2 fully saturated rings. The minimum atomic E-state index is -1.36. The molecule has 2 aromatic carbocycles. The van der Waals surface area contributed by atoms with Crippen molar-refractivity contribution in [2.24, 2.45) is 11.7 Å². The molecule has 5 rings (SSSR count). The summed E-state index contributed by atoms with van der Waals surface area (Å²) in [6.07, 6.45) is 1.92. The molecule has 1 aliphatic carbocycles. The minimum absolute atomic E-state index is 0.0593. The van der Waals surface area contributed by atoms with Crippen molar-refractivity contribution in [3.63, 3.8) is 0 Å². The smallest absolute Gasteiger partial charge is 0.329 e. The third-order valence-corrected chi connectivity index (χ3v) is 6.47. The molecular weight excluding hydrogens is 411 g/mol. The Morgan fingerprint density at radius 1 is 1.03 bits per heavy atom. The Kier molecular flexibility index (Phi) is 4.84. The summed E-state index contributed by atoms with van der Waals surface area (Å²) in [5, 5.41) is 4.39. The normalized spacial score (nSPS) is 25.3. The lowest BCUT2D eigenvalue weighted by Crippen LogP contribution is -2.62. The van der Waals surface area contributed by atoms with Gasteiger partial charge < -0.3 is 11.1 Å². The number of primary amides is 1. The first-order chi connectivity index (χ1) is 15.5. The van der Waals surface area contributed by atoms with Gasteiger partial charge in [-0.2, -0.15) is 0 Å². The quantitative estimate of drug-likeness (QED) is 0.662. The number of imide groups is 1. The molecule has 1 aliphatic heterocycles. The van der Waals surface area contributed by atoms with Crippen molar-refractivity contribution in [1.29, 1.82) is 0 Å². The summed E-state index contributed by atoms with van der Waals surface area (Å²) in [6.45, 7) is 0. The van der Waals surface area contributed by atoms with Gasteiger partial charge in [0.25, 0.3) is 0 Å². The van der Waals surface area contributed by atoms with Crippen molar-refractivity contribution in [3.05, 3.63) is 72.1 Å². The average molecular weight is 432 g/mol. The molecule has 0 spiro atoms. The van der Waals surface area contributed by atoms with Crippen LogP contribution in [0.25, 0.3) is 10.8 Å². The van der Waals surface area contributed by atoms with Crippen LogP contribution in [-0.2, 0) is 4.79 Å². The van der Waals surface area contributed by atoms with E-state index in [0.29, 0.717) is 16.6 Å². The van der Waals surface area contributed by atoms with Gasteiger partial charge in [0.05, 0.1) is 17.8 Å². The molecule has 2 aliphatic rings. The largest absolute Gasteiger partial charge is 0.366 e.